The Morgan fingerprint density at radius 3 is 2.54 bits per heavy atom. The Morgan fingerprint density at radius 1 is 1.46 bits per heavy atom. The number of likely N-dealkylation sites (N-methyl/N-ethyl adjacent to an activating group) is 1. The van der Waals surface area contributed by atoms with Gasteiger partial charge in [0, 0.05) is 35.5 Å². The van der Waals surface area contributed by atoms with E-state index in [1.807, 2.05) is 0 Å². The van der Waals surface area contributed by atoms with Gasteiger partial charge >= 0.3 is 0 Å². The van der Waals surface area contributed by atoms with Crippen LogP contribution in [-0.2, 0) is 0 Å². The average molecular weight is 300 g/mol. The minimum absolute atomic E-state index is 0.320. The van der Waals surface area contributed by atoms with Crippen LogP contribution >= 0.6 is 22.9 Å². The first-order valence-corrected chi connectivity index (χ1v) is 6.07. The molecule has 13 heavy (non-hydrogen) atoms. The standard InChI is InChI=1S/C9H22IN3/c1-4-9(11)7-13(10)8(3)6-12-5-2/h8-9,12H,4-7,11H2,1-3H3/p+1. The molecule has 0 amide bonds. The Labute approximate surface area is 95.9 Å². The summed E-state index contributed by atoms with van der Waals surface area (Å²) in [6, 6.07) is 0.930. The molecule has 0 heterocycles. The van der Waals surface area contributed by atoms with Crippen LogP contribution in [0, 0.1) is 0 Å². The number of quaternary nitrogens is 1. The van der Waals surface area contributed by atoms with Gasteiger partial charge in [-0.05, 0) is 20.3 Å². The Bertz CT molecular complexity index is 121. The molecule has 4 N–H and O–H groups in total. The smallest absolute Gasteiger partial charge is 0.0918 e. The van der Waals surface area contributed by atoms with Gasteiger partial charge < -0.3 is 11.1 Å². The van der Waals surface area contributed by atoms with E-state index in [1.54, 1.807) is 0 Å². The van der Waals surface area contributed by atoms with Gasteiger partial charge in [0.05, 0.1) is 19.1 Å². The number of hydrogen-bond donors (Lipinski definition) is 2. The number of nitrogens with zero attached hydrogens (tertiary/aromatic N) is 1. The summed E-state index contributed by atoms with van der Waals surface area (Å²) in [5.41, 5.74) is 5.88. The largest absolute Gasteiger partial charge is 0.345 e. The maximum Gasteiger partial charge on any atom is 0.0918 e. The van der Waals surface area contributed by atoms with Crippen LogP contribution in [0.15, 0.2) is 0 Å². The number of halogens is 1. The molecule has 0 spiro atoms. The van der Waals surface area contributed by atoms with Crippen LogP contribution in [0.5, 0.6) is 0 Å². The molecule has 0 aliphatic rings. The van der Waals surface area contributed by atoms with Crippen LogP contribution in [0.1, 0.15) is 27.2 Å². The van der Waals surface area contributed by atoms with Crippen molar-refractivity contribution in [1.82, 2.24) is 3.11 Å². The summed E-state index contributed by atoms with van der Waals surface area (Å²) in [5.74, 6) is 0. The lowest BCUT2D eigenvalue weighted by atomic mass is 10.2. The molecule has 0 aliphatic heterocycles. The second-order valence-electron chi connectivity index (χ2n) is 3.53. The van der Waals surface area contributed by atoms with Gasteiger partial charge in [-0.1, -0.05) is 6.92 Å². The number of rotatable bonds is 7. The van der Waals surface area contributed by atoms with E-state index in [0.717, 1.165) is 26.1 Å². The molecule has 0 radical (unpaired) electrons. The molecule has 0 aliphatic carbocycles. The lowest BCUT2D eigenvalue weighted by Crippen LogP contribution is -2.86. The van der Waals surface area contributed by atoms with Gasteiger partial charge in [0.2, 0.25) is 0 Å². The molecule has 0 fully saturated rings. The predicted molar refractivity (Wildman–Crippen MR) is 65.8 cm³/mol. The fourth-order valence-electron chi connectivity index (χ4n) is 1.06. The normalized spacial score (nSPS) is 16.2. The second-order valence-corrected chi connectivity index (χ2v) is 4.77. The molecule has 0 saturated heterocycles. The van der Waals surface area contributed by atoms with Crippen molar-refractivity contribution < 1.29 is 5.32 Å². The van der Waals surface area contributed by atoms with Crippen LogP contribution in [0.3, 0.4) is 0 Å². The molecule has 0 aromatic rings. The molecule has 80 valence electrons. The second kappa shape index (κ2) is 7.96. The minimum Gasteiger partial charge on any atom is -0.345 e. The van der Waals surface area contributed by atoms with Crippen molar-refractivity contribution in [1.29, 1.82) is 0 Å². The zero-order chi connectivity index (χ0) is 10.3. The summed E-state index contributed by atoms with van der Waals surface area (Å²) in [4.78, 5) is 0. The molecule has 0 bridgehead atoms. The summed E-state index contributed by atoms with van der Waals surface area (Å²) >= 11 is 2.38. The van der Waals surface area contributed by atoms with Crippen molar-refractivity contribution in [2.45, 2.75) is 39.3 Å². The third-order valence-electron chi connectivity index (χ3n) is 2.21. The summed E-state index contributed by atoms with van der Waals surface area (Å²) in [6.45, 7) is 9.89. The van der Waals surface area contributed by atoms with Crippen LogP contribution in [-0.4, -0.2) is 34.8 Å². The minimum atomic E-state index is 0.320. The topological polar surface area (TPSA) is 45.9 Å². The van der Waals surface area contributed by atoms with Gasteiger partial charge in [0.1, 0.15) is 0 Å². The van der Waals surface area contributed by atoms with Gasteiger partial charge in [-0.3, -0.25) is 0 Å². The fourth-order valence-corrected chi connectivity index (χ4v) is 1.79. The van der Waals surface area contributed by atoms with E-state index in [1.165, 1.54) is 0 Å². The molecule has 0 rings (SSSR count). The predicted octanol–water partition coefficient (Wildman–Crippen LogP) is 0.348. The molecular weight excluding hydrogens is 277 g/mol. The average Bonchev–Trinajstić information content (AvgIpc) is 2.13. The zero-order valence-corrected chi connectivity index (χ0v) is 11.1. The van der Waals surface area contributed by atoms with Crippen molar-refractivity contribution in [2.24, 2.45) is 5.73 Å². The molecule has 0 aromatic heterocycles. The fraction of sp³-hybridized carbons (Fsp3) is 1.00. The van der Waals surface area contributed by atoms with E-state index in [0.29, 0.717) is 12.1 Å². The van der Waals surface area contributed by atoms with Crippen LogP contribution in [0.2, 0.25) is 0 Å². The van der Waals surface area contributed by atoms with E-state index in [9.17, 15) is 0 Å². The maximum atomic E-state index is 5.88. The molecular formula is C9H23IN3+. The lowest BCUT2D eigenvalue weighted by molar-refractivity contribution is -0.654. The first-order chi connectivity index (χ1) is 6.11. The Kier molecular flexibility index (Phi) is 8.34. The van der Waals surface area contributed by atoms with Gasteiger partial charge in [0.15, 0.2) is 0 Å². The van der Waals surface area contributed by atoms with Gasteiger partial charge in [-0.15, -0.1) is 0 Å². The van der Waals surface area contributed by atoms with E-state index >= 15 is 0 Å². The Balaban J connectivity index is 3.61. The van der Waals surface area contributed by atoms with E-state index in [4.69, 9.17) is 5.73 Å². The highest BCUT2D eigenvalue weighted by molar-refractivity contribution is 14.1. The number of nitrogens with two attached hydrogens (primary N) is 2. The number of hydrogen-bond acceptors (Lipinski definition) is 2. The molecule has 0 saturated carbocycles. The highest BCUT2D eigenvalue weighted by Gasteiger charge is 2.14. The quantitative estimate of drug-likeness (QED) is 0.526. The van der Waals surface area contributed by atoms with Gasteiger partial charge in [-0.25, -0.2) is 3.11 Å². The first-order valence-electron chi connectivity index (χ1n) is 5.11. The molecule has 2 unspecified atom stereocenters. The summed E-state index contributed by atoms with van der Waals surface area (Å²) in [6.07, 6.45) is 1.06. The van der Waals surface area contributed by atoms with Crippen LogP contribution in [0.4, 0.5) is 0 Å². The third-order valence-corrected chi connectivity index (χ3v) is 3.55. The van der Waals surface area contributed by atoms with Crippen LogP contribution < -0.4 is 11.1 Å². The first kappa shape index (κ1) is 13.6. The van der Waals surface area contributed by atoms with Crippen molar-refractivity contribution >= 4 is 22.9 Å². The lowest BCUT2D eigenvalue weighted by Gasteiger charge is -2.23. The van der Waals surface area contributed by atoms with E-state index < -0.39 is 0 Å². The zero-order valence-electron chi connectivity index (χ0n) is 8.96. The van der Waals surface area contributed by atoms with Gasteiger partial charge in [0.25, 0.3) is 0 Å². The van der Waals surface area contributed by atoms with Crippen molar-refractivity contribution in [3.63, 3.8) is 0 Å². The maximum absolute atomic E-state index is 5.88. The third kappa shape index (κ3) is 6.65. The molecule has 2 atom stereocenters. The monoisotopic (exact) mass is 300 g/mol. The van der Waals surface area contributed by atoms with Crippen molar-refractivity contribution in [3.8, 4) is 0 Å². The highest BCUT2D eigenvalue weighted by Crippen LogP contribution is 2.06. The van der Waals surface area contributed by atoms with E-state index in [-0.39, 0.29) is 0 Å². The summed E-state index contributed by atoms with van der Waals surface area (Å²) in [5, 5.41) is 2.33. The Hall–Kier alpha value is 0.610. The van der Waals surface area contributed by atoms with Crippen molar-refractivity contribution in [2.75, 3.05) is 19.6 Å². The van der Waals surface area contributed by atoms with Crippen molar-refractivity contribution in [3.05, 3.63) is 0 Å². The van der Waals surface area contributed by atoms with Crippen LogP contribution in [0.25, 0.3) is 0 Å². The molecule has 3 nitrogen and oxygen atoms in total. The van der Waals surface area contributed by atoms with E-state index in [2.05, 4.69) is 52.1 Å². The molecule has 4 heteroatoms. The highest BCUT2D eigenvalue weighted by atomic mass is 127. The summed E-state index contributed by atoms with van der Waals surface area (Å²) in [7, 11) is 0. The Morgan fingerprint density at radius 2 is 2.08 bits per heavy atom. The SMILES string of the molecule is CC[NH2+]CC(C)N(I)CC(N)CC. The summed E-state index contributed by atoms with van der Waals surface area (Å²) < 4.78 is 2.32. The van der Waals surface area contributed by atoms with Gasteiger partial charge in [-0.2, -0.15) is 0 Å². The molecule has 0 aromatic carbocycles.